The molecule has 1 unspecified atom stereocenters. The highest BCUT2D eigenvalue weighted by Crippen LogP contribution is 2.42. The molecular weight excluding hydrogens is 1650 g/mol. The summed E-state index contributed by atoms with van der Waals surface area (Å²) in [4.78, 5) is 40.8. The zero-order valence-corrected chi connectivity index (χ0v) is 70.1. The first-order chi connectivity index (χ1) is 54.4. The number of rotatable bonds is 15. The van der Waals surface area contributed by atoms with Crippen LogP contribution in [0, 0.1) is 5.92 Å². The van der Waals surface area contributed by atoms with Gasteiger partial charge in [0.25, 0.3) is 27.7 Å². The molecule has 2 atom stereocenters. The van der Waals surface area contributed by atoms with Crippen LogP contribution in [0.5, 0.6) is 0 Å². The number of hydrogen-bond acceptors (Lipinski definition) is 8. The molecule has 0 saturated heterocycles. The Labute approximate surface area is 708 Å². The molecule has 15 rings (SSSR count). The Morgan fingerprint density at radius 2 is 0.717 bits per heavy atom. The van der Waals surface area contributed by atoms with Crippen LogP contribution < -0.4 is 15.4 Å². The lowest BCUT2D eigenvalue weighted by Gasteiger charge is -2.28. The SMILES string of the molecule is CC(NC(=O)c1nn(-c2ccc(Cl)cc2Cl)c2c1CCCC/C2=C\c1ccc(Cl)cc1)c1ccc(Cl)cc1.C[C@H](NC(=O)c1nn(-c2ccc(Cl)cc2Cl)c2c1CCCC/C2=C\c1ccc(Cl)cc1)C1CCCCC1.O=C(NS(=O)(=O)c1ccccc1)c1nn(-c2ccc(Cl)cc2Cl)c2c1CCCC/C2=C\c1ccc(Cl)cc1. The van der Waals surface area contributed by atoms with Crippen LogP contribution in [-0.4, -0.2) is 61.5 Å². The third kappa shape index (κ3) is 20.2. The van der Waals surface area contributed by atoms with Gasteiger partial charge in [0.15, 0.2) is 17.1 Å². The Kier molecular flexibility index (Phi) is 27.6. The zero-order valence-electron chi connectivity index (χ0n) is 61.7. The van der Waals surface area contributed by atoms with E-state index in [0.29, 0.717) is 102 Å². The molecule has 582 valence electrons. The molecule has 0 spiro atoms. The van der Waals surface area contributed by atoms with Crippen LogP contribution in [0.3, 0.4) is 0 Å². The number of aromatic nitrogens is 6. The summed E-state index contributed by atoms with van der Waals surface area (Å²) in [5.74, 6) is -0.627. The van der Waals surface area contributed by atoms with E-state index >= 15 is 0 Å². The smallest absolute Gasteiger partial charge is 0.285 e. The number of amides is 3. The van der Waals surface area contributed by atoms with Gasteiger partial charge in [0.2, 0.25) is 0 Å². The van der Waals surface area contributed by atoms with E-state index in [1.807, 2.05) is 127 Å². The molecule has 3 heterocycles. The summed E-state index contributed by atoms with van der Waals surface area (Å²) in [6.45, 7) is 4.07. The minimum Gasteiger partial charge on any atom is -0.348 e. The number of nitrogens with one attached hydrogen (secondary N) is 3. The van der Waals surface area contributed by atoms with Crippen molar-refractivity contribution in [3.8, 4) is 17.1 Å². The first-order valence-corrected chi connectivity index (χ1v) is 42.8. The Morgan fingerprint density at radius 1 is 0.389 bits per heavy atom. The van der Waals surface area contributed by atoms with Crippen LogP contribution in [-0.2, 0) is 29.3 Å². The van der Waals surface area contributed by atoms with E-state index in [4.69, 9.17) is 126 Å². The summed E-state index contributed by atoms with van der Waals surface area (Å²) in [5, 5.41) is 26.3. The third-order valence-electron chi connectivity index (χ3n) is 20.6. The molecule has 4 aliphatic rings. The Bertz CT molecular complexity index is 5540. The fourth-order valence-electron chi connectivity index (χ4n) is 14.9. The van der Waals surface area contributed by atoms with Crippen LogP contribution >= 0.6 is 116 Å². The maximum atomic E-state index is 13.7. The number of carbonyl (C=O) groups is 3. The van der Waals surface area contributed by atoms with Crippen molar-refractivity contribution in [3.05, 3.63) is 305 Å². The van der Waals surface area contributed by atoms with E-state index in [-0.39, 0.29) is 34.5 Å². The monoisotopic (exact) mass is 1720 g/mol. The molecule has 3 amide bonds. The number of nitrogens with zero attached hydrogens (tertiary/aromatic N) is 6. The van der Waals surface area contributed by atoms with Crippen molar-refractivity contribution in [3.63, 3.8) is 0 Å². The van der Waals surface area contributed by atoms with E-state index in [2.05, 4.69) is 39.5 Å². The van der Waals surface area contributed by atoms with Gasteiger partial charge in [-0.15, -0.1) is 0 Å². The lowest BCUT2D eigenvalue weighted by Crippen LogP contribution is -2.39. The van der Waals surface area contributed by atoms with Crippen LogP contribution in [0.1, 0.15) is 197 Å². The number of carbonyl (C=O) groups excluding carboxylic acids is 3. The predicted octanol–water partition coefficient (Wildman–Crippen LogP) is 25.3. The average molecular weight is 1730 g/mol. The maximum Gasteiger partial charge on any atom is 0.285 e. The summed E-state index contributed by atoms with van der Waals surface area (Å²) in [6.07, 6.45) is 22.6. The molecule has 4 aliphatic carbocycles. The maximum absolute atomic E-state index is 13.7. The summed E-state index contributed by atoms with van der Waals surface area (Å²) in [7, 11) is -4.10. The molecule has 8 aromatic carbocycles. The first kappa shape index (κ1) is 82.8. The van der Waals surface area contributed by atoms with Crippen molar-refractivity contribution in [1.82, 2.24) is 44.7 Å². The van der Waals surface area contributed by atoms with Crippen molar-refractivity contribution in [1.29, 1.82) is 0 Å². The Hall–Kier alpha value is -8.13. The fourth-order valence-corrected chi connectivity index (χ4v) is 17.9. The van der Waals surface area contributed by atoms with Gasteiger partial charge in [-0.05, 0) is 282 Å². The summed E-state index contributed by atoms with van der Waals surface area (Å²) >= 11 is 62.8. The van der Waals surface area contributed by atoms with Crippen molar-refractivity contribution >= 4 is 179 Å². The van der Waals surface area contributed by atoms with Crippen LogP contribution in [0.15, 0.2) is 187 Å². The second kappa shape index (κ2) is 37.6. The minimum atomic E-state index is -4.10. The molecule has 25 heteroatoms. The van der Waals surface area contributed by atoms with Crippen molar-refractivity contribution in [2.75, 3.05) is 0 Å². The van der Waals surface area contributed by atoms with Gasteiger partial charge in [-0.25, -0.2) is 27.2 Å². The molecule has 0 bridgehead atoms. The predicted molar refractivity (Wildman–Crippen MR) is 463 cm³/mol. The summed E-state index contributed by atoms with van der Waals surface area (Å²) in [5.41, 5.74) is 15.1. The molecule has 14 nitrogen and oxygen atoms in total. The topological polar surface area (TPSA) is 175 Å². The van der Waals surface area contributed by atoms with Gasteiger partial charge in [-0.2, -0.15) is 15.3 Å². The highest BCUT2D eigenvalue weighted by atomic mass is 35.5. The molecule has 113 heavy (non-hydrogen) atoms. The highest BCUT2D eigenvalue weighted by molar-refractivity contribution is 7.90. The fraction of sp³-hybridized carbons (Fsp3) is 0.250. The Morgan fingerprint density at radius 3 is 1.08 bits per heavy atom. The minimum absolute atomic E-state index is 0.0112. The lowest BCUT2D eigenvalue weighted by molar-refractivity contribution is 0.0909. The van der Waals surface area contributed by atoms with Crippen LogP contribution in [0.2, 0.25) is 50.2 Å². The quantitative estimate of drug-likeness (QED) is 0.0850. The number of hydrogen-bond donors (Lipinski definition) is 3. The number of sulfonamides is 1. The van der Waals surface area contributed by atoms with Crippen molar-refractivity contribution in [2.24, 2.45) is 5.92 Å². The van der Waals surface area contributed by atoms with Gasteiger partial charge < -0.3 is 10.6 Å². The molecule has 3 aromatic heterocycles. The molecular formula is C88H79Cl10N9O5S. The number of fused-ring (bicyclic) bond motifs is 3. The van der Waals surface area contributed by atoms with Crippen molar-refractivity contribution in [2.45, 2.75) is 140 Å². The normalized spacial score (nSPS) is 16.0. The third-order valence-corrected chi connectivity index (χ3v) is 24.6. The number of halogens is 10. The van der Waals surface area contributed by atoms with Gasteiger partial charge in [-0.1, -0.05) is 202 Å². The largest absolute Gasteiger partial charge is 0.348 e. The zero-order chi connectivity index (χ0) is 79.6. The van der Waals surface area contributed by atoms with Crippen LogP contribution in [0.4, 0.5) is 0 Å². The second-order valence-electron chi connectivity index (χ2n) is 28.5. The molecule has 11 aromatic rings. The van der Waals surface area contributed by atoms with E-state index in [9.17, 15) is 22.8 Å². The van der Waals surface area contributed by atoms with E-state index < -0.39 is 15.9 Å². The van der Waals surface area contributed by atoms with Gasteiger partial charge in [-0.3, -0.25) is 14.4 Å². The first-order valence-electron chi connectivity index (χ1n) is 37.5. The second-order valence-corrected chi connectivity index (χ2v) is 34.4. The summed E-state index contributed by atoms with van der Waals surface area (Å²) in [6, 6.07) is 53.8. The van der Waals surface area contributed by atoms with Gasteiger partial charge >= 0.3 is 0 Å². The van der Waals surface area contributed by atoms with Crippen LogP contribution in [0.25, 0.3) is 52.0 Å². The lowest BCUT2D eigenvalue weighted by atomic mass is 9.84. The van der Waals surface area contributed by atoms with Gasteiger partial charge in [0, 0.05) is 57.9 Å². The molecule has 3 N–H and O–H groups in total. The standard InChI is InChI=1S/C30H25Cl4N3O.C30H32Cl3N3O.C28H22Cl3N3O3S/c1-18(20-8-12-23(32)13-9-20)35-30(38)28-25-5-3-2-4-21(16-19-6-10-22(31)11-7-19)29(25)37(36-28)27-15-14-24(33)17-26(27)34;1-19(21-7-3-2-4-8-21)34-30(37)28-25-10-6-5-9-22(17-20-11-13-23(31)14-12-20)29(25)36(35-28)27-16-15-24(32)18-26(27)33;29-20-12-10-18(11-13-20)16-19-6-4-5-9-23-26(28(35)33-38(36,37)22-7-2-1-3-8-22)32-34(27(19)23)25-15-14-21(30)17-24(25)31/h6-18H,2-5H2,1H3,(H,35,38);11-19,21H,2-10H2,1H3,(H,34,37);1-3,7-8,10-17H,4-6,9H2,(H,33,35)/b21-16+;22-17+;19-16+/t;19-;/m.0./s1. The van der Waals surface area contributed by atoms with E-state index in [0.717, 1.165) is 132 Å². The highest BCUT2D eigenvalue weighted by Gasteiger charge is 2.34. The number of benzene rings is 8. The van der Waals surface area contributed by atoms with E-state index in [1.165, 1.54) is 44.2 Å². The molecule has 0 radical (unpaired) electrons. The average Bonchev–Trinajstić information content (AvgIpc) is 1.62. The van der Waals surface area contributed by atoms with E-state index in [1.54, 1.807) is 70.0 Å². The number of allylic oxidation sites excluding steroid dienone is 3. The van der Waals surface area contributed by atoms with Gasteiger partial charge in [0.1, 0.15) is 0 Å². The van der Waals surface area contributed by atoms with Crippen molar-refractivity contribution < 1.29 is 22.8 Å². The summed E-state index contributed by atoms with van der Waals surface area (Å²) < 4.78 is 33.3. The Balaban J connectivity index is 0.000000148. The molecule has 1 fully saturated rings. The molecule has 1 saturated carbocycles. The molecule has 0 aliphatic heterocycles. The van der Waals surface area contributed by atoms with Gasteiger partial charge in [0.05, 0.1) is 60.1 Å².